The van der Waals surface area contributed by atoms with Gasteiger partial charge in [0, 0.05) is 17.0 Å². The minimum absolute atomic E-state index is 0.132. The third kappa shape index (κ3) is 3.78. The van der Waals surface area contributed by atoms with Gasteiger partial charge in [-0.2, -0.15) is 5.10 Å². The fraction of sp³-hybridized carbons (Fsp3) is 0.250. The van der Waals surface area contributed by atoms with Crippen molar-refractivity contribution in [2.24, 2.45) is 0 Å². The summed E-state index contributed by atoms with van der Waals surface area (Å²) in [4.78, 5) is 25.2. The van der Waals surface area contributed by atoms with Crippen molar-refractivity contribution in [3.8, 4) is 0 Å². The first-order valence-corrected chi connectivity index (χ1v) is 8.89. The number of hydrogen-bond donors (Lipinski definition) is 1. The predicted octanol–water partition coefficient (Wildman–Crippen LogP) is 3.60. The minimum Gasteiger partial charge on any atom is -0.350 e. The van der Waals surface area contributed by atoms with Gasteiger partial charge in [-0.1, -0.05) is 41.9 Å². The van der Waals surface area contributed by atoms with Crippen LogP contribution in [0.5, 0.6) is 0 Å². The second-order valence-corrected chi connectivity index (χ2v) is 6.81. The fourth-order valence-corrected chi connectivity index (χ4v) is 2.91. The molecule has 0 radical (unpaired) electrons. The Balaban J connectivity index is 1.84. The van der Waals surface area contributed by atoms with Gasteiger partial charge in [0.25, 0.3) is 11.5 Å². The van der Waals surface area contributed by atoms with E-state index in [0.717, 1.165) is 5.56 Å². The zero-order chi connectivity index (χ0) is 18.7. The van der Waals surface area contributed by atoms with E-state index in [2.05, 4.69) is 10.4 Å². The maximum Gasteiger partial charge on any atom is 0.274 e. The van der Waals surface area contributed by atoms with E-state index >= 15 is 0 Å². The lowest BCUT2D eigenvalue weighted by Crippen LogP contribution is -2.32. The summed E-state index contributed by atoms with van der Waals surface area (Å²) in [6.45, 7) is 4.20. The van der Waals surface area contributed by atoms with Gasteiger partial charge in [-0.05, 0) is 44.0 Å². The summed E-state index contributed by atoms with van der Waals surface area (Å²) in [5.41, 5.74) is 1.16. The van der Waals surface area contributed by atoms with Gasteiger partial charge in [-0.15, -0.1) is 0 Å². The van der Waals surface area contributed by atoms with E-state index in [9.17, 15) is 9.59 Å². The van der Waals surface area contributed by atoms with Gasteiger partial charge in [0.1, 0.15) is 0 Å². The van der Waals surface area contributed by atoms with Crippen LogP contribution < -0.4 is 10.9 Å². The molecule has 0 saturated heterocycles. The summed E-state index contributed by atoms with van der Waals surface area (Å²) in [5, 5.41) is 8.95. The van der Waals surface area contributed by atoms with Crippen molar-refractivity contribution >= 4 is 28.3 Å². The highest BCUT2D eigenvalue weighted by Crippen LogP contribution is 2.15. The van der Waals surface area contributed by atoms with Crippen LogP contribution in [0.4, 0.5) is 0 Å². The molecule has 0 aliphatic rings. The molecule has 3 aromatic rings. The van der Waals surface area contributed by atoms with E-state index in [1.807, 2.05) is 38.1 Å². The molecule has 5 nitrogen and oxygen atoms in total. The Morgan fingerprint density at radius 3 is 2.42 bits per heavy atom. The number of benzene rings is 2. The van der Waals surface area contributed by atoms with E-state index in [0.29, 0.717) is 28.8 Å². The maximum absolute atomic E-state index is 12.7. The summed E-state index contributed by atoms with van der Waals surface area (Å²) in [7, 11) is 0. The topological polar surface area (TPSA) is 64.0 Å². The molecule has 0 spiro atoms. The number of carbonyl (C=O) groups is 1. The number of nitrogens with one attached hydrogen (secondary N) is 1. The molecular weight excluding hydrogens is 350 g/mol. The highest BCUT2D eigenvalue weighted by atomic mass is 35.5. The summed E-state index contributed by atoms with van der Waals surface area (Å²) in [6, 6.07) is 14.4. The second kappa shape index (κ2) is 7.70. The van der Waals surface area contributed by atoms with Crippen LogP contribution in [0.25, 0.3) is 10.8 Å². The van der Waals surface area contributed by atoms with Crippen molar-refractivity contribution in [3.05, 3.63) is 75.2 Å². The Bertz CT molecular complexity index is 994. The molecule has 0 aliphatic carbocycles. The first-order chi connectivity index (χ1) is 12.5. The Morgan fingerprint density at radius 2 is 1.77 bits per heavy atom. The van der Waals surface area contributed by atoms with Crippen molar-refractivity contribution in [2.75, 3.05) is 6.54 Å². The number of rotatable bonds is 5. The largest absolute Gasteiger partial charge is 0.350 e. The monoisotopic (exact) mass is 369 g/mol. The van der Waals surface area contributed by atoms with Crippen molar-refractivity contribution in [3.63, 3.8) is 0 Å². The zero-order valence-electron chi connectivity index (χ0n) is 14.7. The normalized spacial score (nSPS) is 11.1. The smallest absolute Gasteiger partial charge is 0.274 e. The molecule has 0 atom stereocenters. The Labute approximate surface area is 156 Å². The van der Waals surface area contributed by atoms with E-state index in [1.54, 1.807) is 24.3 Å². The third-order valence-corrected chi connectivity index (χ3v) is 4.40. The SMILES string of the molecule is CC(C)n1nc(C(=O)NCCc2ccc(Cl)cc2)c2ccccc2c1=O. The Morgan fingerprint density at radius 1 is 1.12 bits per heavy atom. The van der Waals surface area contributed by atoms with Crippen LogP contribution in [0.1, 0.15) is 35.9 Å². The molecule has 1 aromatic heterocycles. The zero-order valence-corrected chi connectivity index (χ0v) is 15.5. The van der Waals surface area contributed by atoms with E-state index in [1.165, 1.54) is 4.68 Å². The molecule has 3 rings (SSSR count). The van der Waals surface area contributed by atoms with Crippen LogP contribution in [-0.2, 0) is 6.42 Å². The van der Waals surface area contributed by atoms with Crippen molar-refractivity contribution in [1.82, 2.24) is 15.1 Å². The predicted molar refractivity (Wildman–Crippen MR) is 104 cm³/mol. The van der Waals surface area contributed by atoms with Gasteiger partial charge >= 0.3 is 0 Å². The summed E-state index contributed by atoms with van der Waals surface area (Å²) >= 11 is 5.88. The number of carbonyl (C=O) groups excluding carboxylic acids is 1. The van der Waals surface area contributed by atoms with E-state index in [4.69, 9.17) is 11.6 Å². The average molecular weight is 370 g/mol. The molecule has 2 aromatic carbocycles. The molecule has 0 fully saturated rings. The average Bonchev–Trinajstić information content (AvgIpc) is 2.63. The van der Waals surface area contributed by atoms with Crippen LogP contribution in [0.2, 0.25) is 5.02 Å². The number of nitrogens with zero attached hydrogens (tertiary/aromatic N) is 2. The molecule has 1 heterocycles. The molecule has 0 aliphatic heterocycles. The lowest BCUT2D eigenvalue weighted by Gasteiger charge is -2.13. The van der Waals surface area contributed by atoms with Crippen LogP contribution in [0.3, 0.4) is 0 Å². The molecule has 26 heavy (non-hydrogen) atoms. The third-order valence-electron chi connectivity index (χ3n) is 4.15. The molecule has 0 unspecified atom stereocenters. The van der Waals surface area contributed by atoms with Crippen molar-refractivity contribution < 1.29 is 4.79 Å². The van der Waals surface area contributed by atoms with Gasteiger partial charge in [-0.3, -0.25) is 9.59 Å². The van der Waals surface area contributed by atoms with Gasteiger partial charge < -0.3 is 5.32 Å². The van der Waals surface area contributed by atoms with Crippen molar-refractivity contribution in [2.45, 2.75) is 26.3 Å². The number of fused-ring (bicyclic) bond motifs is 1. The number of hydrogen-bond acceptors (Lipinski definition) is 3. The van der Waals surface area contributed by atoms with E-state index < -0.39 is 0 Å². The fourth-order valence-electron chi connectivity index (χ4n) is 2.78. The van der Waals surface area contributed by atoms with Gasteiger partial charge in [-0.25, -0.2) is 4.68 Å². The van der Waals surface area contributed by atoms with Crippen LogP contribution in [0.15, 0.2) is 53.3 Å². The van der Waals surface area contributed by atoms with E-state index in [-0.39, 0.29) is 23.2 Å². The number of aromatic nitrogens is 2. The maximum atomic E-state index is 12.7. The van der Waals surface area contributed by atoms with Gasteiger partial charge in [0.05, 0.1) is 11.4 Å². The standard InChI is InChI=1S/C20H20ClN3O2/c1-13(2)24-20(26)17-6-4-3-5-16(17)18(23-24)19(25)22-12-11-14-7-9-15(21)10-8-14/h3-10,13H,11-12H2,1-2H3,(H,22,25). The highest BCUT2D eigenvalue weighted by molar-refractivity contribution is 6.30. The highest BCUT2D eigenvalue weighted by Gasteiger charge is 2.17. The molecule has 6 heteroatoms. The second-order valence-electron chi connectivity index (χ2n) is 6.37. The van der Waals surface area contributed by atoms with Crippen molar-refractivity contribution in [1.29, 1.82) is 0 Å². The molecule has 0 saturated carbocycles. The Kier molecular flexibility index (Phi) is 5.38. The summed E-state index contributed by atoms with van der Waals surface area (Å²) in [5.74, 6) is -0.287. The quantitative estimate of drug-likeness (QED) is 0.747. The molecule has 1 N–H and O–H groups in total. The van der Waals surface area contributed by atoms with Gasteiger partial charge in [0.2, 0.25) is 0 Å². The summed E-state index contributed by atoms with van der Waals surface area (Å²) in [6.07, 6.45) is 0.685. The summed E-state index contributed by atoms with van der Waals surface area (Å²) < 4.78 is 1.36. The molecular formula is C20H20ClN3O2. The van der Waals surface area contributed by atoms with Crippen LogP contribution in [0, 0.1) is 0 Å². The first-order valence-electron chi connectivity index (χ1n) is 8.51. The lowest BCUT2D eigenvalue weighted by atomic mass is 10.1. The van der Waals surface area contributed by atoms with Crippen LogP contribution >= 0.6 is 11.6 Å². The number of amides is 1. The van der Waals surface area contributed by atoms with Gasteiger partial charge in [0.15, 0.2) is 5.69 Å². The minimum atomic E-state index is -0.287. The van der Waals surface area contributed by atoms with Crippen LogP contribution in [-0.4, -0.2) is 22.2 Å². The molecule has 134 valence electrons. The molecule has 0 bridgehead atoms. The molecule has 1 amide bonds. The number of halogens is 1. The lowest BCUT2D eigenvalue weighted by molar-refractivity contribution is 0.0948. The first kappa shape index (κ1) is 18.1. The Hall–Kier alpha value is -2.66.